The predicted molar refractivity (Wildman–Crippen MR) is 115 cm³/mol. The number of benzene rings is 2. The van der Waals surface area contributed by atoms with Crippen LogP contribution in [0.4, 0.5) is 0 Å². The highest BCUT2D eigenvalue weighted by atomic mass is 16.5. The van der Waals surface area contributed by atoms with E-state index in [1.807, 2.05) is 48.5 Å². The van der Waals surface area contributed by atoms with Crippen LogP contribution < -0.4 is 0 Å². The maximum atomic E-state index is 11.8. The Hall–Kier alpha value is -2.70. The zero-order valence-corrected chi connectivity index (χ0v) is 17.8. The maximum absolute atomic E-state index is 11.8. The van der Waals surface area contributed by atoms with Gasteiger partial charge in [0.2, 0.25) is 0 Å². The van der Waals surface area contributed by atoms with Gasteiger partial charge in [0, 0.05) is 19.5 Å². The minimum Gasteiger partial charge on any atom is -0.466 e. The molecule has 1 unspecified atom stereocenters. The molecule has 162 valence electrons. The normalized spacial score (nSPS) is 11.9. The van der Waals surface area contributed by atoms with Gasteiger partial charge in [0.25, 0.3) is 0 Å². The van der Waals surface area contributed by atoms with E-state index < -0.39 is 6.10 Å². The average Bonchev–Trinajstić information content (AvgIpc) is 2.77. The molecular formula is C24H31NO5. The van der Waals surface area contributed by atoms with E-state index in [1.54, 1.807) is 13.0 Å². The molecule has 1 atom stereocenters. The monoisotopic (exact) mass is 413 g/mol. The summed E-state index contributed by atoms with van der Waals surface area (Å²) in [5.74, 6) is -0.554. The summed E-state index contributed by atoms with van der Waals surface area (Å²) in [6, 6.07) is 16.8. The molecule has 2 rings (SSSR count). The summed E-state index contributed by atoms with van der Waals surface area (Å²) in [6.45, 7) is 3.93. The van der Waals surface area contributed by atoms with E-state index in [4.69, 9.17) is 9.47 Å². The van der Waals surface area contributed by atoms with E-state index in [-0.39, 0.29) is 11.9 Å². The first-order valence-corrected chi connectivity index (χ1v) is 10.3. The van der Waals surface area contributed by atoms with E-state index >= 15 is 0 Å². The quantitative estimate of drug-likeness (QED) is 0.422. The van der Waals surface area contributed by atoms with Crippen LogP contribution in [0.15, 0.2) is 54.6 Å². The summed E-state index contributed by atoms with van der Waals surface area (Å²) in [5.41, 5.74) is 2.32. The van der Waals surface area contributed by atoms with Gasteiger partial charge in [-0.2, -0.15) is 0 Å². The highest BCUT2D eigenvalue weighted by molar-refractivity contribution is 5.89. The predicted octanol–water partition coefficient (Wildman–Crippen LogP) is 3.74. The van der Waals surface area contributed by atoms with Gasteiger partial charge in [0.1, 0.15) is 0 Å². The van der Waals surface area contributed by atoms with E-state index in [2.05, 4.69) is 4.90 Å². The fourth-order valence-electron chi connectivity index (χ4n) is 3.27. The van der Waals surface area contributed by atoms with Crippen molar-refractivity contribution in [3.63, 3.8) is 0 Å². The van der Waals surface area contributed by atoms with Gasteiger partial charge in [-0.25, -0.2) is 4.79 Å². The van der Waals surface area contributed by atoms with Gasteiger partial charge in [-0.1, -0.05) is 42.5 Å². The maximum Gasteiger partial charge on any atom is 0.337 e. The lowest BCUT2D eigenvalue weighted by atomic mass is 10.1. The van der Waals surface area contributed by atoms with Crippen LogP contribution in [-0.2, 0) is 20.8 Å². The molecule has 6 heteroatoms. The molecule has 0 saturated carbocycles. The molecule has 0 spiro atoms. The minimum atomic E-state index is -0.625. The molecule has 0 aromatic heterocycles. The lowest BCUT2D eigenvalue weighted by Crippen LogP contribution is -2.29. The van der Waals surface area contributed by atoms with Crippen molar-refractivity contribution in [1.82, 2.24) is 4.90 Å². The number of unbranched alkanes of at least 4 members (excludes halogenated alkanes) is 1. The second-order valence-electron chi connectivity index (χ2n) is 7.12. The van der Waals surface area contributed by atoms with Gasteiger partial charge in [-0.15, -0.1) is 0 Å². The molecule has 0 heterocycles. The number of esters is 2. The molecule has 0 amide bonds. The Morgan fingerprint density at radius 1 is 1.07 bits per heavy atom. The molecule has 2 aromatic rings. The molecule has 0 fully saturated rings. The molecule has 0 bridgehead atoms. The number of rotatable bonds is 12. The zero-order valence-electron chi connectivity index (χ0n) is 17.8. The largest absolute Gasteiger partial charge is 0.466 e. The first-order valence-electron chi connectivity index (χ1n) is 10.3. The van der Waals surface area contributed by atoms with Gasteiger partial charge in [-0.05, 0) is 49.6 Å². The minimum absolute atomic E-state index is 0.181. The Morgan fingerprint density at radius 3 is 2.53 bits per heavy atom. The molecule has 0 aliphatic carbocycles. The van der Waals surface area contributed by atoms with Crippen LogP contribution in [0.5, 0.6) is 0 Å². The van der Waals surface area contributed by atoms with Crippen molar-refractivity contribution in [1.29, 1.82) is 0 Å². The molecular weight excluding hydrogens is 382 g/mol. The number of aliphatic hydroxyl groups excluding tert-OH is 1. The Kier molecular flexibility index (Phi) is 10.0. The molecule has 0 saturated heterocycles. The number of hydrogen-bond acceptors (Lipinski definition) is 6. The number of ether oxygens (including phenoxy) is 2. The van der Waals surface area contributed by atoms with Crippen molar-refractivity contribution >= 4 is 11.9 Å². The third-order valence-electron chi connectivity index (χ3n) is 4.78. The molecule has 1 N–H and O–H groups in total. The SMILES string of the molecule is CCOC(=O)CCCCN(Cc1cccc(C(=O)OC)c1)CC(O)c1ccccc1. The van der Waals surface area contributed by atoms with Crippen molar-refractivity contribution in [2.24, 2.45) is 0 Å². The highest BCUT2D eigenvalue weighted by Gasteiger charge is 2.15. The third kappa shape index (κ3) is 7.97. The number of aliphatic hydroxyl groups is 1. The third-order valence-corrected chi connectivity index (χ3v) is 4.78. The summed E-state index contributed by atoms with van der Waals surface area (Å²) in [4.78, 5) is 25.5. The molecule has 0 radical (unpaired) electrons. The van der Waals surface area contributed by atoms with Crippen molar-refractivity contribution < 1.29 is 24.2 Å². The fraction of sp³-hybridized carbons (Fsp3) is 0.417. The summed E-state index contributed by atoms with van der Waals surface area (Å²) >= 11 is 0. The summed E-state index contributed by atoms with van der Waals surface area (Å²) in [5, 5.41) is 10.7. The highest BCUT2D eigenvalue weighted by Crippen LogP contribution is 2.17. The molecule has 6 nitrogen and oxygen atoms in total. The van der Waals surface area contributed by atoms with E-state index in [9.17, 15) is 14.7 Å². The number of methoxy groups -OCH3 is 1. The van der Waals surface area contributed by atoms with Crippen LogP contribution in [0, 0.1) is 0 Å². The van der Waals surface area contributed by atoms with Crippen molar-refractivity contribution in [3.05, 3.63) is 71.3 Å². The van der Waals surface area contributed by atoms with E-state index in [1.165, 1.54) is 7.11 Å². The topological polar surface area (TPSA) is 76.1 Å². The molecule has 0 aliphatic rings. The first-order chi connectivity index (χ1) is 14.5. The molecule has 30 heavy (non-hydrogen) atoms. The van der Waals surface area contributed by atoms with Gasteiger partial charge >= 0.3 is 11.9 Å². The van der Waals surface area contributed by atoms with Gasteiger partial charge in [0.15, 0.2) is 0 Å². The Bertz CT molecular complexity index is 793. The molecule has 0 aliphatic heterocycles. The lowest BCUT2D eigenvalue weighted by Gasteiger charge is -2.25. The standard InChI is InChI=1S/C24H31NO5/c1-3-30-23(27)14-7-8-15-25(18-22(26)20-11-5-4-6-12-20)17-19-10-9-13-21(16-19)24(28)29-2/h4-6,9-13,16,22,26H,3,7-8,14-15,17-18H2,1-2H3. The molecule has 2 aromatic carbocycles. The number of nitrogens with zero attached hydrogens (tertiary/aromatic N) is 1. The van der Waals surface area contributed by atoms with Crippen LogP contribution in [-0.4, -0.2) is 48.8 Å². The first kappa shape index (κ1) is 23.6. The number of carbonyl (C=O) groups is 2. The zero-order chi connectivity index (χ0) is 21.8. The fourth-order valence-corrected chi connectivity index (χ4v) is 3.27. The van der Waals surface area contributed by atoms with Gasteiger partial charge in [0.05, 0.1) is 25.4 Å². The van der Waals surface area contributed by atoms with Crippen molar-refractivity contribution in [2.45, 2.75) is 38.8 Å². The number of carbonyl (C=O) groups excluding carboxylic acids is 2. The Balaban J connectivity index is 2.02. The van der Waals surface area contributed by atoms with Crippen LogP contribution in [0.25, 0.3) is 0 Å². The van der Waals surface area contributed by atoms with Crippen LogP contribution in [0.2, 0.25) is 0 Å². The van der Waals surface area contributed by atoms with Gasteiger partial charge < -0.3 is 14.6 Å². The Morgan fingerprint density at radius 2 is 1.83 bits per heavy atom. The average molecular weight is 414 g/mol. The summed E-state index contributed by atoms with van der Waals surface area (Å²) in [7, 11) is 1.36. The van der Waals surface area contributed by atoms with Crippen LogP contribution in [0.1, 0.15) is 53.8 Å². The van der Waals surface area contributed by atoms with Crippen LogP contribution >= 0.6 is 0 Å². The van der Waals surface area contributed by atoms with E-state index in [0.29, 0.717) is 38.2 Å². The lowest BCUT2D eigenvalue weighted by molar-refractivity contribution is -0.143. The summed E-state index contributed by atoms with van der Waals surface area (Å²) < 4.78 is 9.78. The smallest absolute Gasteiger partial charge is 0.337 e. The van der Waals surface area contributed by atoms with Crippen molar-refractivity contribution in [3.8, 4) is 0 Å². The number of hydrogen-bond donors (Lipinski definition) is 1. The van der Waals surface area contributed by atoms with Crippen molar-refractivity contribution in [2.75, 3.05) is 26.8 Å². The summed E-state index contributed by atoms with van der Waals surface area (Å²) in [6.07, 6.45) is 1.29. The van der Waals surface area contributed by atoms with Gasteiger partial charge in [-0.3, -0.25) is 9.69 Å². The second-order valence-corrected chi connectivity index (χ2v) is 7.12. The Labute approximate surface area is 178 Å². The second kappa shape index (κ2) is 12.8. The van der Waals surface area contributed by atoms with Crippen LogP contribution in [0.3, 0.4) is 0 Å². The van der Waals surface area contributed by atoms with E-state index in [0.717, 1.165) is 24.0 Å².